The van der Waals surface area contributed by atoms with Crippen molar-refractivity contribution in [3.8, 4) is 0 Å². The van der Waals surface area contributed by atoms with Crippen molar-refractivity contribution in [3.63, 3.8) is 0 Å². The molecule has 3 fully saturated rings. The molecule has 8 atom stereocenters. The minimum absolute atomic E-state index is 0.135. The number of hydrogen-bond donors (Lipinski definition) is 0. The Kier molecular flexibility index (Phi) is 6.62. The summed E-state index contributed by atoms with van der Waals surface area (Å²) in [6.45, 7) is 12.3. The fourth-order valence-corrected chi connectivity index (χ4v) is 9.64. The SMILES string of the molecule is CC(C)CCC[C@@H](C)[C@H]1CC[C@H]2[C@@H]3CCC4CC(c5ccccc5)=CC(=O)[C@]4(C)[C@H]3CC[C@]12C. The van der Waals surface area contributed by atoms with Gasteiger partial charge in [-0.25, -0.2) is 0 Å². The molecule has 1 unspecified atom stereocenters. The highest BCUT2D eigenvalue weighted by Crippen LogP contribution is 2.68. The molecule has 0 N–H and O–H groups in total. The van der Waals surface area contributed by atoms with E-state index in [1.165, 1.54) is 68.9 Å². The second-order valence-corrected chi connectivity index (χ2v) is 13.6. The number of ketones is 1. The normalized spacial score (nSPS) is 40.4. The van der Waals surface area contributed by atoms with Crippen molar-refractivity contribution >= 4 is 11.4 Å². The summed E-state index contributed by atoms with van der Waals surface area (Å²) in [6.07, 6.45) is 15.4. The molecule has 3 saturated carbocycles. The van der Waals surface area contributed by atoms with Crippen molar-refractivity contribution in [2.45, 2.75) is 98.8 Å². The zero-order chi connectivity index (χ0) is 24.1. The molecule has 0 aromatic heterocycles. The Hall–Kier alpha value is -1.37. The maximum absolute atomic E-state index is 13.8. The first-order chi connectivity index (χ1) is 16.2. The lowest BCUT2D eigenvalue weighted by molar-refractivity contribution is -0.146. The summed E-state index contributed by atoms with van der Waals surface area (Å²) in [5, 5.41) is 0. The average Bonchev–Trinajstić information content (AvgIpc) is 3.17. The highest BCUT2D eigenvalue weighted by Gasteiger charge is 2.62. The van der Waals surface area contributed by atoms with E-state index in [0.717, 1.165) is 36.0 Å². The zero-order valence-electron chi connectivity index (χ0n) is 22.5. The molecule has 186 valence electrons. The largest absolute Gasteiger partial charge is 0.294 e. The minimum atomic E-state index is -0.135. The molecule has 0 radical (unpaired) electrons. The van der Waals surface area contributed by atoms with Crippen LogP contribution in [0.4, 0.5) is 0 Å². The van der Waals surface area contributed by atoms with Gasteiger partial charge in [-0.15, -0.1) is 0 Å². The van der Waals surface area contributed by atoms with Gasteiger partial charge in [0.05, 0.1) is 0 Å². The molecule has 4 aliphatic carbocycles. The van der Waals surface area contributed by atoms with Crippen LogP contribution in [0.15, 0.2) is 36.4 Å². The second-order valence-electron chi connectivity index (χ2n) is 13.6. The molecule has 34 heavy (non-hydrogen) atoms. The van der Waals surface area contributed by atoms with Crippen molar-refractivity contribution in [2.24, 2.45) is 52.3 Å². The topological polar surface area (TPSA) is 17.1 Å². The Bertz CT molecular complexity index is 912. The van der Waals surface area contributed by atoms with Crippen molar-refractivity contribution < 1.29 is 4.79 Å². The maximum Gasteiger partial charge on any atom is 0.162 e. The van der Waals surface area contributed by atoms with Gasteiger partial charge in [-0.2, -0.15) is 0 Å². The van der Waals surface area contributed by atoms with Crippen LogP contribution in [0.1, 0.15) is 104 Å². The molecule has 1 nitrogen and oxygen atoms in total. The monoisotopic (exact) mass is 460 g/mol. The summed E-state index contributed by atoms with van der Waals surface area (Å²) >= 11 is 0. The van der Waals surface area contributed by atoms with E-state index in [1.54, 1.807) is 0 Å². The highest BCUT2D eigenvalue weighted by molar-refractivity contribution is 6.02. The van der Waals surface area contributed by atoms with Crippen molar-refractivity contribution in [3.05, 3.63) is 42.0 Å². The van der Waals surface area contributed by atoms with E-state index >= 15 is 0 Å². The van der Waals surface area contributed by atoms with E-state index in [0.29, 0.717) is 23.0 Å². The van der Waals surface area contributed by atoms with Crippen LogP contribution >= 0.6 is 0 Å². The van der Waals surface area contributed by atoms with Crippen LogP contribution in [-0.2, 0) is 4.79 Å². The molecule has 0 amide bonds. The zero-order valence-corrected chi connectivity index (χ0v) is 22.5. The lowest BCUT2D eigenvalue weighted by atomic mass is 9.44. The summed E-state index contributed by atoms with van der Waals surface area (Å²) in [4.78, 5) is 13.8. The summed E-state index contributed by atoms with van der Waals surface area (Å²) in [6, 6.07) is 10.6. The van der Waals surface area contributed by atoms with Gasteiger partial charge in [0, 0.05) is 5.41 Å². The molecule has 1 aromatic carbocycles. The van der Waals surface area contributed by atoms with Crippen LogP contribution < -0.4 is 0 Å². The van der Waals surface area contributed by atoms with Crippen LogP contribution in [-0.4, -0.2) is 5.78 Å². The number of allylic oxidation sites excluding steroid dienone is 2. The van der Waals surface area contributed by atoms with E-state index in [-0.39, 0.29) is 5.41 Å². The van der Waals surface area contributed by atoms with Crippen molar-refractivity contribution in [1.29, 1.82) is 0 Å². The Labute approximate surface area is 209 Å². The van der Waals surface area contributed by atoms with Crippen molar-refractivity contribution in [1.82, 2.24) is 0 Å². The molecule has 4 aliphatic rings. The minimum Gasteiger partial charge on any atom is -0.294 e. The number of hydrogen-bond acceptors (Lipinski definition) is 1. The second kappa shape index (κ2) is 9.25. The molecular weight excluding hydrogens is 412 g/mol. The molecule has 0 aliphatic heterocycles. The third-order valence-corrected chi connectivity index (χ3v) is 11.6. The molecule has 1 aromatic rings. The van der Waals surface area contributed by atoms with Crippen LogP contribution in [0.25, 0.3) is 5.57 Å². The van der Waals surface area contributed by atoms with E-state index in [2.05, 4.69) is 71.0 Å². The predicted molar refractivity (Wildman–Crippen MR) is 143 cm³/mol. The van der Waals surface area contributed by atoms with Crippen LogP contribution in [0.2, 0.25) is 0 Å². The molecule has 5 rings (SSSR count). The first-order valence-electron chi connectivity index (χ1n) is 14.6. The van der Waals surface area contributed by atoms with Gasteiger partial charge < -0.3 is 0 Å². The number of rotatable bonds is 6. The van der Waals surface area contributed by atoms with Crippen LogP contribution in [0.3, 0.4) is 0 Å². The first-order valence-corrected chi connectivity index (χ1v) is 14.6. The van der Waals surface area contributed by atoms with Gasteiger partial charge in [-0.3, -0.25) is 4.79 Å². The lowest BCUT2D eigenvalue weighted by Crippen LogP contribution is -2.55. The van der Waals surface area contributed by atoms with Gasteiger partial charge in [0.1, 0.15) is 0 Å². The lowest BCUT2D eigenvalue weighted by Gasteiger charge is -2.59. The molecular formula is C33H48O. The molecule has 0 spiro atoms. The smallest absolute Gasteiger partial charge is 0.162 e. The number of carbonyl (C=O) groups excluding carboxylic acids is 1. The first kappa shape index (κ1) is 24.3. The van der Waals surface area contributed by atoms with E-state index in [9.17, 15) is 4.79 Å². The van der Waals surface area contributed by atoms with E-state index < -0.39 is 0 Å². The number of fused-ring (bicyclic) bond motifs is 5. The van der Waals surface area contributed by atoms with Gasteiger partial charge >= 0.3 is 0 Å². The standard InChI is InChI=1S/C33H48O/c1-22(2)10-9-11-23(3)28-16-17-29-27-15-14-26-20-25(24-12-7-6-8-13-24)21-31(34)33(26,5)30(27)18-19-32(28,29)4/h6-8,12-13,21-23,26-30H,9-11,14-20H2,1-5H3/t23-,26?,27+,28-,29+,30+,32-,33+/m1/s1. The van der Waals surface area contributed by atoms with Gasteiger partial charge in [0.2, 0.25) is 0 Å². The summed E-state index contributed by atoms with van der Waals surface area (Å²) in [7, 11) is 0. The fourth-order valence-electron chi connectivity index (χ4n) is 9.64. The summed E-state index contributed by atoms with van der Waals surface area (Å²) < 4.78 is 0. The molecule has 0 heterocycles. The number of benzene rings is 1. The Morgan fingerprint density at radius 1 is 0.912 bits per heavy atom. The van der Waals surface area contributed by atoms with Gasteiger partial charge in [-0.05, 0) is 109 Å². The third kappa shape index (κ3) is 3.94. The fraction of sp³-hybridized carbons (Fsp3) is 0.727. The summed E-state index contributed by atoms with van der Waals surface area (Å²) in [5.74, 6) is 5.75. The van der Waals surface area contributed by atoms with Gasteiger partial charge in [-0.1, -0.05) is 84.2 Å². The average molecular weight is 461 g/mol. The van der Waals surface area contributed by atoms with Crippen LogP contribution in [0, 0.1) is 52.3 Å². The molecule has 1 heteroatoms. The molecule has 0 saturated heterocycles. The Balaban J connectivity index is 1.34. The maximum atomic E-state index is 13.8. The third-order valence-electron chi connectivity index (χ3n) is 11.6. The van der Waals surface area contributed by atoms with Gasteiger partial charge in [0.15, 0.2) is 5.78 Å². The van der Waals surface area contributed by atoms with Gasteiger partial charge in [0.25, 0.3) is 0 Å². The van der Waals surface area contributed by atoms with E-state index in [4.69, 9.17) is 0 Å². The predicted octanol–water partition coefficient (Wildman–Crippen LogP) is 8.98. The highest BCUT2D eigenvalue weighted by atomic mass is 16.1. The van der Waals surface area contributed by atoms with Crippen LogP contribution in [0.5, 0.6) is 0 Å². The van der Waals surface area contributed by atoms with Crippen molar-refractivity contribution in [2.75, 3.05) is 0 Å². The number of carbonyl (C=O) groups is 1. The van der Waals surface area contributed by atoms with E-state index in [1.807, 2.05) is 0 Å². The Morgan fingerprint density at radius 2 is 1.68 bits per heavy atom. The molecule has 0 bridgehead atoms. The quantitative estimate of drug-likeness (QED) is 0.414. The summed E-state index contributed by atoms with van der Waals surface area (Å²) in [5.41, 5.74) is 2.90. The Morgan fingerprint density at radius 3 is 2.41 bits per heavy atom.